The van der Waals surface area contributed by atoms with E-state index in [4.69, 9.17) is 4.74 Å². The summed E-state index contributed by atoms with van der Waals surface area (Å²) >= 11 is 0. The number of halogens is 3. The molecule has 2 rings (SSSR count). The van der Waals surface area contributed by atoms with Crippen molar-refractivity contribution in [3.05, 3.63) is 35.9 Å². The Morgan fingerprint density at radius 3 is 2.12 bits per heavy atom. The summed E-state index contributed by atoms with van der Waals surface area (Å²) in [6.45, 7) is 4.00. The van der Waals surface area contributed by atoms with Crippen LogP contribution >= 0.6 is 0 Å². The van der Waals surface area contributed by atoms with Gasteiger partial charge in [-0.1, -0.05) is 19.9 Å². The summed E-state index contributed by atoms with van der Waals surface area (Å²) in [5.41, 5.74) is -6.10. The van der Waals surface area contributed by atoms with Gasteiger partial charge in [0.2, 0.25) is 0 Å². The van der Waals surface area contributed by atoms with E-state index in [0.717, 1.165) is 19.2 Å². The molecule has 10 heteroatoms. The Bertz CT molecular complexity index is 891. The van der Waals surface area contributed by atoms with E-state index in [1.807, 2.05) is 13.8 Å². The lowest BCUT2D eigenvalue weighted by molar-refractivity contribution is -0.0500. The maximum Gasteiger partial charge on any atom is 0.534 e. The van der Waals surface area contributed by atoms with E-state index in [2.05, 4.69) is 8.92 Å². The van der Waals surface area contributed by atoms with Gasteiger partial charge in [-0.05, 0) is 35.0 Å². The number of methoxy groups -OCH3 is 2. The Labute approximate surface area is 148 Å². The van der Waals surface area contributed by atoms with E-state index >= 15 is 0 Å². The van der Waals surface area contributed by atoms with Crippen LogP contribution in [0.1, 0.15) is 24.2 Å². The molecule has 0 bridgehead atoms. The molecule has 0 atom stereocenters. The van der Waals surface area contributed by atoms with Crippen LogP contribution in [0.4, 0.5) is 13.2 Å². The minimum Gasteiger partial charge on any atom is -0.497 e. The average molecular weight is 394 g/mol. The topological polar surface area (TPSA) is 78.9 Å². The number of benzene rings is 2. The number of esters is 1. The van der Waals surface area contributed by atoms with Gasteiger partial charge in [0.05, 0.1) is 14.2 Å². The van der Waals surface area contributed by atoms with Crippen LogP contribution in [-0.2, 0) is 14.9 Å². The van der Waals surface area contributed by atoms with Gasteiger partial charge in [0.1, 0.15) is 11.3 Å². The highest BCUT2D eigenvalue weighted by molar-refractivity contribution is 7.88. The number of ether oxygens (including phenoxy) is 2. The minimum absolute atomic E-state index is 0.343. The molecular formula is C16H17F3O6S. The zero-order chi connectivity index (χ0) is 20.1. The van der Waals surface area contributed by atoms with Crippen LogP contribution in [0, 0.1) is 0 Å². The number of alkyl halides is 3. The van der Waals surface area contributed by atoms with Crippen molar-refractivity contribution in [1.82, 2.24) is 0 Å². The molecule has 0 saturated heterocycles. The van der Waals surface area contributed by atoms with Crippen molar-refractivity contribution in [2.24, 2.45) is 0 Å². The van der Waals surface area contributed by atoms with Crippen LogP contribution in [0.15, 0.2) is 30.3 Å². The number of rotatable bonds is 4. The van der Waals surface area contributed by atoms with Gasteiger partial charge < -0.3 is 13.7 Å². The highest BCUT2D eigenvalue weighted by Crippen LogP contribution is 2.33. The van der Waals surface area contributed by atoms with Crippen LogP contribution in [0.25, 0.3) is 10.8 Å². The van der Waals surface area contributed by atoms with Crippen molar-refractivity contribution < 1.29 is 40.0 Å². The molecule has 0 fully saturated rings. The zero-order valence-corrected chi connectivity index (χ0v) is 15.2. The quantitative estimate of drug-likeness (QED) is 0.445. The molecule has 0 amide bonds. The van der Waals surface area contributed by atoms with Gasteiger partial charge in [-0.3, -0.25) is 0 Å². The summed E-state index contributed by atoms with van der Waals surface area (Å²) in [4.78, 5) is 11.8. The SMILES string of the molecule is CC.COC(=O)c1cc2cc(OC)ccc2cc1OS(=O)(=O)C(F)(F)F. The number of fused-ring (bicyclic) bond motifs is 1. The molecule has 0 saturated carbocycles. The number of hydrogen-bond acceptors (Lipinski definition) is 6. The lowest BCUT2D eigenvalue weighted by Gasteiger charge is -2.13. The Kier molecular flexibility index (Phi) is 6.85. The normalized spacial score (nSPS) is 11.3. The Hall–Kier alpha value is -2.49. The van der Waals surface area contributed by atoms with Gasteiger partial charge in [0.25, 0.3) is 0 Å². The Balaban J connectivity index is 0.00000163. The largest absolute Gasteiger partial charge is 0.534 e. The summed E-state index contributed by atoms with van der Waals surface area (Å²) in [7, 11) is -3.52. The fourth-order valence-electron chi connectivity index (χ4n) is 1.89. The number of carbonyl (C=O) groups is 1. The van der Waals surface area contributed by atoms with Crippen molar-refractivity contribution in [2.45, 2.75) is 19.4 Å². The predicted octanol–water partition coefficient (Wildman–Crippen LogP) is 3.89. The fraction of sp³-hybridized carbons (Fsp3) is 0.312. The maximum absolute atomic E-state index is 12.5. The van der Waals surface area contributed by atoms with Crippen LogP contribution in [0.3, 0.4) is 0 Å². The Morgan fingerprint density at radius 2 is 1.62 bits per heavy atom. The first kappa shape index (κ1) is 21.6. The summed E-state index contributed by atoms with van der Waals surface area (Å²) in [6.07, 6.45) is 0. The summed E-state index contributed by atoms with van der Waals surface area (Å²) in [5.74, 6) is -1.39. The van der Waals surface area contributed by atoms with E-state index in [-0.39, 0.29) is 0 Å². The summed E-state index contributed by atoms with van der Waals surface area (Å²) < 4.78 is 73.5. The lowest BCUT2D eigenvalue weighted by Crippen LogP contribution is -2.28. The molecule has 0 radical (unpaired) electrons. The zero-order valence-electron chi connectivity index (χ0n) is 14.4. The van der Waals surface area contributed by atoms with Crippen LogP contribution in [0.2, 0.25) is 0 Å². The predicted molar refractivity (Wildman–Crippen MR) is 88.8 cm³/mol. The van der Waals surface area contributed by atoms with Crippen molar-refractivity contribution in [1.29, 1.82) is 0 Å². The van der Waals surface area contributed by atoms with Crippen molar-refractivity contribution in [3.63, 3.8) is 0 Å². The molecule has 144 valence electrons. The number of hydrogen-bond donors (Lipinski definition) is 0. The second-order valence-electron chi connectivity index (χ2n) is 4.54. The third-order valence-corrected chi connectivity index (χ3v) is 4.00. The van der Waals surface area contributed by atoms with Gasteiger partial charge in [0, 0.05) is 0 Å². The smallest absolute Gasteiger partial charge is 0.497 e. The van der Waals surface area contributed by atoms with Crippen LogP contribution in [-0.4, -0.2) is 34.1 Å². The minimum atomic E-state index is -5.93. The van der Waals surface area contributed by atoms with Gasteiger partial charge in [-0.25, -0.2) is 4.79 Å². The fourth-order valence-corrected chi connectivity index (χ4v) is 2.35. The molecule has 2 aromatic carbocycles. The molecule has 0 unspecified atom stereocenters. The highest BCUT2D eigenvalue weighted by Gasteiger charge is 2.49. The second-order valence-corrected chi connectivity index (χ2v) is 6.07. The molecule has 0 aliphatic rings. The van der Waals surface area contributed by atoms with Crippen molar-refractivity contribution in [2.75, 3.05) is 14.2 Å². The molecule has 0 N–H and O–H groups in total. The maximum atomic E-state index is 12.5. The highest BCUT2D eigenvalue weighted by atomic mass is 32.2. The molecular weight excluding hydrogens is 377 g/mol. The average Bonchev–Trinajstić information content (AvgIpc) is 2.60. The molecule has 0 heterocycles. The summed E-state index contributed by atoms with van der Waals surface area (Å²) in [6, 6.07) is 6.67. The molecule has 6 nitrogen and oxygen atoms in total. The van der Waals surface area contributed by atoms with Crippen LogP contribution in [0.5, 0.6) is 11.5 Å². The molecule has 0 aromatic heterocycles. The van der Waals surface area contributed by atoms with E-state index in [1.165, 1.54) is 25.3 Å². The van der Waals surface area contributed by atoms with E-state index in [9.17, 15) is 26.4 Å². The van der Waals surface area contributed by atoms with Crippen molar-refractivity contribution in [3.8, 4) is 11.5 Å². The Morgan fingerprint density at radius 1 is 1.00 bits per heavy atom. The molecule has 0 aliphatic heterocycles. The molecule has 0 spiro atoms. The van der Waals surface area contributed by atoms with Gasteiger partial charge in [-0.15, -0.1) is 0 Å². The monoisotopic (exact) mass is 394 g/mol. The number of carbonyl (C=O) groups excluding carboxylic acids is 1. The standard InChI is InChI=1S/C14H11F3O6S.C2H6/c1-21-10-4-3-8-7-12(23-24(19,20)14(15,16)17)11(13(18)22-2)6-9(8)5-10;1-2/h3-7H,1-2H3;1-2H3. The third kappa shape index (κ3) is 4.57. The molecule has 0 aliphatic carbocycles. The molecule has 2 aromatic rings. The first-order valence-corrected chi connectivity index (χ1v) is 8.71. The van der Waals surface area contributed by atoms with E-state index in [0.29, 0.717) is 16.5 Å². The van der Waals surface area contributed by atoms with Crippen LogP contribution < -0.4 is 8.92 Å². The first-order chi connectivity index (χ1) is 12.1. The van der Waals surface area contributed by atoms with Gasteiger partial charge in [-0.2, -0.15) is 21.6 Å². The van der Waals surface area contributed by atoms with Crippen molar-refractivity contribution >= 4 is 26.9 Å². The first-order valence-electron chi connectivity index (χ1n) is 7.30. The van der Waals surface area contributed by atoms with E-state index < -0.39 is 32.9 Å². The van der Waals surface area contributed by atoms with E-state index in [1.54, 1.807) is 0 Å². The second kappa shape index (κ2) is 8.26. The lowest BCUT2D eigenvalue weighted by atomic mass is 10.1. The van der Waals surface area contributed by atoms with Gasteiger partial charge >= 0.3 is 21.6 Å². The molecule has 26 heavy (non-hydrogen) atoms. The third-order valence-electron chi connectivity index (χ3n) is 3.03. The van der Waals surface area contributed by atoms with Gasteiger partial charge in [0.15, 0.2) is 5.75 Å². The summed E-state index contributed by atoms with van der Waals surface area (Å²) in [5, 5.41) is 0.766.